The Labute approximate surface area is 98.2 Å². The number of carbonyl (C=O) groups excluding carboxylic acids is 2. The monoisotopic (exact) mass is 228 g/mol. The Morgan fingerprint density at radius 2 is 1.81 bits per heavy atom. The summed E-state index contributed by atoms with van der Waals surface area (Å²) in [5.74, 6) is -0.0866. The molecule has 0 aromatic carbocycles. The van der Waals surface area contributed by atoms with Crippen molar-refractivity contribution in [3.8, 4) is 0 Å². The molecule has 4 heteroatoms. The maximum Gasteiger partial charge on any atom is 0.234 e. The predicted molar refractivity (Wildman–Crippen MR) is 65.3 cm³/mol. The van der Waals surface area contributed by atoms with E-state index in [4.69, 9.17) is 0 Å². The second-order valence-electron chi connectivity index (χ2n) is 4.64. The maximum absolute atomic E-state index is 11.6. The van der Waals surface area contributed by atoms with Crippen LogP contribution in [0, 0.1) is 0 Å². The Hall–Kier alpha value is -0.900. The normalized spacial score (nSPS) is 13.3. The fourth-order valence-corrected chi connectivity index (χ4v) is 1.32. The van der Waals surface area contributed by atoms with Gasteiger partial charge in [0.1, 0.15) is 0 Å². The summed E-state index contributed by atoms with van der Waals surface area (Å²) < 4.78 is 0. The van der Waals surface area contributed by atoms with Crippen molar-refractivity contribution in [2.45, 2.75) is 59.0 Å². The first kappa shape index (κ1) is 15.1. The van der Waals surface area contributed by atoms with E-state index in [-0.39, 0.29) is 18.2 Å². The van der Waals surface area contributed by atoms with Crippen LogP contribution in [0.5, 0.6) is 0 Å². The summed E-state index contributed by atoms with van der Waals surface area (Å²) in [5, 5.41) is 5.82. The zero-order valence-electron chi connectivity index (χ0n) is 11.0. The van der Waals surface area contributed by atoms with Crippen LogP contribution in [0.25, 0.3) is 0 Å². The largest absolute Gasteiger partial charge is 0.343 e. The molecule has 0 bridgehead atoms. The van der Waals surface area contributed by atoms with Gasteiger partial charge in [-0.3, -0.25) is 9.59 Å². The van der Waals surface area contributed by atoms with Gasteiger partial charge in [-0.25, -0.2) is 0 Å². The third-order valence-corrected chi connectivity index (χ3v) is 2.69. The molecule has 0 aromatic heterocycles. The first-order valence-corrected chi connectivity index (χ1v) is 5.91. The molecule has 1 atom stereocenters. The van der Waals surface area contributed by atoms with Gasteiger partial charge in [0, 0.05) is 12.5 Å². The molecule has 0 radical (unpaired) electrons. The van der Waals surface area contributed by atoms with E-state index < -0.39 is 5.54 Å². The molecule has 1 amide bonds. The lowest BCUT2D eigenvalue weighted by atomic mass is 9.97. The van der Waals surface area contributed by atoms with Crippen molar-refractivity contribution in [2.24, 2.45) is 0 Å². The summed E-state index contributed by atoms with van der Waals surface area (Å²) >= 11 is 0. The third kappa shape index (κ3) is 5.26. The summed E-state index contributed by atoms with van der Waals surface area (Å²) in [5.41, 5.74) is -0.761. The first-order chi connectivity index (χ1) is 7.33. The molecule has 1 unspecified atom stereocenters. The third-order valence-electron chi connectivity index (χ3n) is 2.69. The average molecular weight is 228 g/mol. The molecular weight excluding hydrogens is 204 g/mol. The molecule has 0 saturated carbocycles. The van der Waals surface area contributed by atoms with Crippen LogP contribution in [0.15, 0.2) is 0 Å². The smallest absolute Gasteiger partial charge is 0.234 e. The molecule has 0 saturated heterocycles. The van der Waals surface area contributed by atoms with E-state index in [9.17, 15) is 9.59 Å². The Kier molecular flexibility index (Phi) is 6.26. The van der Waals surface area contributed by atoms with E-state index in [1.54, 1.807) is 20.8 Å². The van der Waals surface area contributed by atoms with E-state index in [0.717, 1.165) is 6.42 Å². The van der Waals surface area contributed by atoms with Gasteiger partial charge >= 0.3 is 0 Å². The summed E-state index contributed by atoms with van der Waals surface area (Å²) in [6.07, 6.45) is 1.41. The molecule has 0 aliphatic carbocycles. The number of hydrogen-bond acceptors (Lipinski definition) is 3. The molecule has 0 aliphatic rings. The lowest BCUT2D eigenvalue weighted by Gasteiger charge is -2.24. The molecule has 0 fully saturated rings. The number of Topliss-reactive ketones (excluding diaryl/α,β-unsaturated/α-hetero) is 1. The minimum Gasteiger partial charge on any atom is -0.343 e. The Morgan fingerprint density at radius 3 is 2.25 bits per heavy atom. The van der Waals surface area contributed by atoms with Gasteiger partial charge in [-0.05, 0) is 27.2 Å². The second-order valence-corrected chi connectivity index (χ2v) is 4.64. The molecule has 16 heavy (non-hydrogen) atoms. The predicted octanol–water partition coefficient (Wildman–Crippen LogP) is 1.25. The minimum atomic E-state index is -0.761. The topological polar surface area (TPSA) is 58.2 Å². The van der Waals surface area contributed by atoms with E-state index in [0.29, 0.717) is 12.5 Å². The molecule has 0 aliphatic heterocycles. The van der Waals surface area contributed by atoms with Crippen molar-refractivity contribution in [2.75, 3.05) is 6.54 Å². The summed E-state index contributed by atoms with van der Waals surface area (Å²) in [6, 6.07) is 0.315. The highest BCUT2D eigenvalue weighted by molar-refractivity contribution is 5.92. The Bertz CT molecular complexity index is 249. The highest BCUT2D eigenvalue weighted by Gasteiger charge is 2.27. The quantitative estimate of drug-likeness (QED) is 0.689. The first-order valence-electron chi connectivity index (χ1n) is 5.91. The van der Waals surface area contributed by atoms with Gasteiger partial charge in [-0.1, -0.05) is 13.8 Å². The van der Waals surface area contributed by atoms with Gasteiger partial charge in [0.15, 0.2) is 5.78 Å². The lowest BCUT2D eigenvalue weighted by Crippen LogP contribution is -2.52. The van der Waals surface area contributed by atoms with Crippen molar-refractivity contribution in [3.63, 3.8) is 0 Å². The summed E-state index contributed by atoms with van der Waals surface area (Å²) in [7, 11) is 0. The van der Waals surface area contributed by atoms with E-state index in [1.165, 1.54) is 0 Å². The van der Waals surface area contributed by atoms with Crippen molar-refractivity contribution >= 4 is 11.7 Å². The van der Waals surface area contributed by atoms with Crippen LogP contribution in [0.2, 0.25) is 0 Å². The summed E-state index contributed by atoms with van der Waals surface area (Å²) in [6.45, 7) is 9.61. The molecule has 4 nitrogen and oxygen atoms in total. The van der Waals surface area contributed by atoms with Crippen LogP contribution >= 0.6 is 0 Å². The van der Waals surface area contributed by atoms with Gasteiger partial charge in [-0.2, -0.15) is 0 Å². The van der Waals surface area contributed by atoms with Gasteiger partial charge in [0.25, 0.3) is 0 Å². The highest BCUT2D eigenvalue weighted by atomic mass is 16.2. The van der Waals surface area contributed by atoms with Gasteiger partial charge in [-0.15, -0.1) is 0 Å². The summed E-state index contributed by atoms with van der Waals surface area (Å²) in [4.78, 5) is 23.1. The molecule has 0 heterocycles. The van der Waals surface area contributed by atoms with Crippen LogP contribution in [0.3, 0.4) is 0 Å². The molecule has 0 rings (SSSR count). The highest BCUT2D eigenvalue weighted by Crippen LogP contribution is 2.06. The number of hydrogen-bond donors (Lipinski definition) is 2. The van der Waals surface area contributed by atoms with Crippen LogP contribution in [0.4, 0.5) is 0 Å². The molecular formula is C12H24N2O2. The molecule has 0 aromatic rings. The maximum atomic E-state index is 11.6. The lowest BCUT2D eigenvalue weighted by molar-refractivity contribution is -0.130. The minimum absolute atomic E-state index is 0.0457. The Morgan fingerprint density at radius 1 is 1.25 bits per heavy atom. The zero-order valence-corrected chi connectivity index (χ0v) is 11.0. The number of rotatable bonds is 7. The van der Waals surface area contributed by atoms with Crippen LogP contribution in [-0.4, -0.2) is 29.8 Å². The van der Waals surface area contributed by atoms with E-state index >= 15 is 0 Å². The van der Waals surface area contributed by atoms with Crippen molar-refractivity contribution in [3.05, 3.63) is 0 Å². The van der Waals surface area contributed by atoms with Gasteiger partial charge < -0.3 is 10.6 Å². The molecule has 94 valence electrons. The van der Waals surface area contributed by atoms with E-state index in [2.05, 4.69) is 17.6 Å². The Balaban J connectivity index is 4.09. The standard InChI is InChI=1S/C12H24N2O2/c1-6-9(3)13-8-11(16)14-12(4,5)10(15)7-2/h9,13H,6-8H2,1-5H3,(H,14,16). The number of carbonyl (C=O) groups is 2. The van der Waals surface area contributed by atoms with Gasteiger partial charge in [0.2, 0.25) is 5.91 Å². The van der Waals surface area contributed by atoms with Crippen LogP contribution in [0.1, 0.15) is 47.5 Å². The number of ketones is 1. The van der Waals surface area contributed by atoms with Crippen molar-refractivity contribution in [1.29, 1.82) is 0 Å². The van der Waals surface area contributed by atoms with Gasteiger partial charge in [0.05, 0.1) is 12.1 Å². The second kappa shape index (κ2) is 6.63. The molecule has 0 spiro atoms. The van der Waals surface area contributed by atoms with E-state index in [1.807, 2.05) is 6.92 Å². The fourth-order valence-electron chi connectivity index (χ4n) is 1.32. The number of nitrogens with one attached hydrogen (secondary N) is 2. The van der Waals surface area contributed by atoms with Crippen LogP contribution in [-0.2, 0) is 9.59 Å². The van der Waals surface area contributed by atoms with Crippen molar-refractivity contribution in [1.82, 2.24) is 10.6 Å². The van der Waals surface area contributed by atoms with Crippen LogP contribution < -0.4 is 10.6 Å². The number of amides is 1. The average Bonchev–Trinajstić information content (AvgIpc) is 2.23. The van der Waals surface area contributed by atoms with Crippen molar-refractivity contribution < 1.29 is 9.59 Å². The zero-order chi connectivity index (χ0) is 12.8. The molecule has 2 N–H and O–H groups in total. The SMILES string of the molecule is CCC(=O)C(C)(C)NC(=O)CNC(C)CC. The fraction of sp³-hybridized carbons (Fsp3) is 0.833.